The van der Waals surface area contributed by atoms with Gasteiger partial charge in [-0.1, -0.05) is 54.6 Å². The molecule has 46 heavy (non-hydrogen) atoms. The Morgan fingerprint density at radius 1 is 0.696 bits per heavy atom. The van der Waals surface area contributed by atoms with Crippen LogP contribution in [-0.4, -0.2) is 43.1 Å². The zero-order valence-corrected chi connectivity index (χ0v) is 24.0. The lowest BCUT2D eigenvalue weighted by Gasteiger charge is -2.10. The lowest BCUT2D eigenvalue weighted by atomic mass is 10.1. The fourth-order valence-electron chi connectivity index (χ4n) is 4.07. The van der Waals surface area contributed by atoms with Gasteiger partial charge in [-0.15, -0.1) is 0 Å². The number of hydrogen-bond acceptors (Lipinski definition) is 12. The predicted octanol–water partition coefficient (Wildman–Crippen LogP) is 5.96. The number of rotatable bonds is 10. The first kappa shape index (κ1) is 29.3. The van der Waals surface area contributed by atoms with E-state index in [0.29, 0.717) is 22.6 Å². The van der Waals surface area contributed by atoms with E-state index in [0.717, 1.165) is 5.69 Å². The number of para-hydroxylation sites is 2. The maximum Gasteiger partial charge on any atom is 0.343 e. The van der Waals surface area contributed by atoms with Gasteiger partial charge in [0.2, 0.25) is 11.9 Å². The molecule has 2 heterocycles. The van der Waals surface area contributed by atoms with E-state index in [1.54, 1.807) is 79.0 Å². The van der Waals surface area contributed by atoms with Gasteiger partial charge in [-0.3, -0.25) is 0 Å². The number of hydrazone groups is 1. The number of hydrogen-bond donors (Lipinski definition) is 2. The summed E-state index contributed by atoms with van der Waals surface area (Å²) in [6, 6.07) is 32.8. The van der Waals surface area contributed by atoms with Crippen LogP contribution in [0, 0.1) is 0 Å². The number of anilines is 3. The molecule has 0 radical (unpaired) electrons. The first-order chi connectivity index (χ1) is 22.6. The molecule has 0 fully saturated rings. The van der Waals surface area contributed by atoms with Crippen LogP contribution in [0.1, 0.15) is 26.3 Å². The van der Waals surface area contributed by atoms with Crippen molar-refractivity contribution in [1.82, 2.24) is 24.9 Å². The minimum Gasteiger partial charge on any atom is -0.423 e. The second kappa shape index (κ2) is 14.1. The van der Waals surface area contributed by atoms with E-state index in [1.807, 2.05) is 36.4 Å². The summed E-state index contributed by atoms with van der Waals surface area (Å²) in [4.78, 5) is 47.4. The fourth-order valence-corrected chi connectivity index (χ4v) is 4.07. The van der Waals surface area contributed by atoms with Gasteiger partial charge in [0.05, 0.1) is 17.3 Å². The van der Waals surface area contributed by atoms with Crippen LogP contribution in [0.25, 0.3) is 11.5 Å². The van der Waals surface area contributed by atoms with Crippen LogP contribution in [0.3, 0.4) is 0 Å². The Labute approximate surface area is 262 Å². The third kappa shape index (κ3) is 7.57. The molecule has 6 aromatic rings. The second-order valence-corrected chi connectivity index (χ2v) is 9.47. The minimum atomic E-state index is -0.620. The van der Waals surface area contributed by atoms with E-state index in [4.69, 9.17) is 9.47 Å². The Kier molecular flexibility index (Phi) is 8.97. The first-order valence-corrected chi connectivity index (χ1v) is 13.9. The number of nitrogens with one attached hydrogen (secondary N) is 2. The third-order valence-electron chi connectivity index (χ3n) is 6.26. The van der Waals surface area contributed by atoms with Crippen LogP contribution < -0.4 is 20.2 Å². The van der Waals surface area contributed by atoms with Gasteiger partial charge < -0.3 is 14.8 Å². The molecule has 0 saturated carbocycles. The van der Waals surface area contributed by atoms with Crippen molar-refractivity contribution < 1.29 is 19.1 Å². The Balaban J connectivity index is 1.28. The van der Waals surface area contributed by atoms with Gasteiger partial charge in [0, 0.05) is 17.4 Å². The average Bonchev–Trinajstić information content (AvgIpc) is 3.10. The molecule has 0 spiro atoms. The van der Waals surface area contributed by atoms with Gasteiger partial charge in [-0.2, -0.15) is 20.1 Å². The summed E-state index contributed by atoms with van der Waals surface area (Å²) >= 11 is 0. The molecule has 0 aliphatic carbocycles. The van der Waals surface area contributed by atoms with E-state index in [9.17, 15) is 9.59 Å². The van der Waals surface area contributed by atoms with Gasteiger partial charge in [-0.25, -0.2) is 25.0 Å². The van der Waals surface area contributed by atoms with Crippen molar-refractivity contribution in [3.05, 3.63) is 144 Å². The van der Waals surface area contributed by atoms with Crippen molar-refractivity contribution in [3.63, 3.8) is 0 Å². The number of esters is 2. The highest BCUT2D eigenvalue weighted by molar-refractivity contribution is 5.96. The van der Waals surface area contributed by atoms with E-state index in [-0.39, 0.29) is 29.0 Å². The lowest BCUT2D eigenvalue weighted by Crippen LogP contribution is -2.13. The van der Waals surface area contributed by atoms with Gasteiger partial charge >= 0.3 is 11.9 Å². The topological polar surface area (TPSA) is 153 Å². The van der Waals surface area contributed by atoms with Crippen LogP contribution in [0.15, 0.2) is 133 Å². The summed E-state index contributed by atoms with van der Waals surface area (Å²) < 4.78 is 11.2. The summed E-state index contributed by atoms with van der Waals surface area (Å²) in [6.07, 6.45) is 4.39. The molecule has 0 aliphatic rings. The van der Waals surface area contributed by atoms with Crippen LogP contribution in [0.4, 0.5) is 17.6 Å². The minimum absolute atomic E-state index is 0.0886. The number of carbonyl (C=O) groups excluding carboxylic acids is 2. The van der Waals surface area contributed by atoms with Crippen molar-refractivity contribution in [3.8, 4) is 23.0 Å². The van der Waals surface area contributed by atoms with Crippen LogP contribution in [0.2, 0.25) is 0 Å². The number of aromatic nitrogens is 5. The third-order valence-corrected chi connectivity index (χ3v) is 6.26. The SMILES string of the molecule is O=C(Oc1ccccc1)c1ccc(/C=N/Nc2nc(Nc3ccccc3)nc(-c3ccncn3)n2)c(OC(=O)c2ccccc2)c1. The maximum absolute atomic E-state index is 13.0. The molecule has 0 unspecified atom stereocenters. The van der Waals surface area contributed by atoms with Gasteiger partial charge in [0.15, 0.2) is 5.82 Å². The summed E-state index contributed by atoms with van der Waals surface area (Å²) in [7, 11) is 0. The Morgan fingerprint density at radius 3 is 2.13 bits per heavy atom. The molecule has 12 heteroatoms. The Hall–Kier alpha value is -6.82. The van der Waals surface area contributed by atoms with Crippen molar-refractivity contribution in [2.24, 2.45) is 5.10 Å². The van der Waals surface area contributed by atoms with Crippen LogP contribution in [0.5, 0.6) is 11.5 Å². The molecule has 224 valence electrons. The number of carbonyl (C=O) groups is 2. The summed E-state index contributed by atoms with van der Waals surface area (Å²) in [5, 5.41) is 7.43. The Morgan fingerprint density at radius 2 is 1.39 bits per heavy atom. The molecule has 0 atom stereocenters. The van der Waals surface area contributed by atoms with E-state index < -0.39 is 11.9 Å². The molecular formula is C34H24N8O4. The molecular weight excluding hydrogens is 584 g/mol. The summed E-state index contributed by atoms with van der Waals surface area (Å²) in [6.45, 7) is 0. The van der Waals surface area contributed by atoms with Gasteiger partial charge in [-0.05, 0) is 60.7 Å². The highest BCUT2D eigenvalue weighted by Crippen LogP contribution is 2.23. The summed E-state index contributed by atoms with van der Waals surface area (Å²) in [5.41, 5.74) is 4.95. The summed E-state index contributed by atoms with van der Waals surface area (Å²) in [5.74, 6) is -0.107. The average molecular weight is 609 g/mol. The van der Waals surface area contributed by atoms with E-state index in [1.165, 1.54) is 18.6 Å². The van der Waals surface area contributed by atoms with Crippen LogP contribution in [-0.2, 0) is 0 Å². The molecule has 0 saturated heterocycles. The fraction of sp³-hybridized carbons (Fsp3) is 0. The van der Waals surface area contributed by atoms with Gasteiger partial charge in [0.25, 0.3) is 0 Å². The smallest absolute Gasteiger partial charge is 0.343 e. The molecule has 6 rings (SSSR count). The molecule has 4 aromatic carbocycles. The zero-order chi connectivity index (χ0) is 31.6. The standard InChI is InChI=1S/C34H24N8O4/c43-31(23-10-4-1-5-11-23)46-29-20-24(32(44)45-27-14-8-3-9-15-27)16-17-25(29)21-37-42-34-40-30(28-18-19-35-22-36-28)39-33(41-34)38-26-12-6-2-7-13-26/h1-22H,(H2,38,39,40,41,42)/b37-21+. The van der Waals surface area contributed by atoms with E-state index in [2.05, 4.69) is 40.8 Å². The molecule has 2 aromatic heterocycles. The first-order valence-electron chi connectivity index (χ1n) is 13.9. The van der Waals surface area contributed by atoms with Crippen molar-refractivity contribution in [2.75, 3.05) is 10.7 Å². The number of nitrogens with zero attached hydrogens (tertiary/aromatic N) is 6. The number of benzene rings is 4. The van der Waals surface area contributed by atoms with E-state index >= 15 is 0 Å². The molecule has 12 nitrogen and oxygen atoms in total. The monoisotopic (exact) mass is 608 g/mol. The molecule has 0 bridgehead atoms. The maximum atomic E-state index is 13.0. The van der Waals surface area contributed by atoms with Crippen molar-refractivity contribution >= 4 is 35.7 Å². The normalized spacial score (nSPS) is 10.7. The quantitative estimate of drug-likeness (QED) is 0.0820. The predicted molar refractivity (Wildman–Crippen MR) is 171 cm³/mol. The molecule has 2 N–H and O–H groups in total. The van der Waals surface area contributed by atoms with Gasteiger partial charge in [0.1, 0.15) is 23.5 Å². The molecule has 0 amide bonds. The lowest BCUT2D eigenvalue weighted by molar-refractivity contribution is 0.0714. The van der Waals surface area contributed by atoms with Crippen molar-refractivity contribution in [1.29, 1.82) is 0 Å². The van der Waals surface area contributed by atoms with Crippen molar-refractivity contribution in [2.45, 2.75) is 0 Å². The highest BCUT2D eigenvalue weighted by atomic mass is 16.5. The Bertz CT molecular complexity index is 1980. The highest BCUT2D eigenvalue weighted by Gasteiger charge is 2.16. The largest absolute Gasteiger partial charge is 0.423 e. The second-order valence-electron chi connectivity index (χ2n) is 9.47. The van der Waals surface area contributed by atoms with Crippen LogP contribution >= 0.6 is 0 Å². The zero-order valence-electron chi connectivity index (χ0n) is 24.0. The molecule has 0 aliphatic heterocycles. The number of ether oxygens (including phenoxy) is 2.